The zero-order valence-corrected chi connectivity index (χ0v) is 9.94. The minimum atomic E-state index is -4.35. The number of carbonyl (C=O) groups excluding carboxylic acids is 1. The second kappa shape index (κ2) is 5.59. The van der Waals surface area contributed by atoms with Crippen LogP contribution in [-0.2, 0) is 0 Å². The fraction of sp³-hybridized carbons (Fsp3) is 0.182. The maximum atomic E-state index is 12.1. The van der Waals surface area contributed by atoms with Crippen molar-refractivity contribution in [3.8, 4) is 0 Å². The summed E-state index contributed by atoms with van der Waals surface area (Å²) >= 11 is 0. The van der Waals surface area contributed by atoms with Crippen molar-refractivity contribution in [3.05, 3.63) is 36.7 Å². The molecule has 2 aromatic heterocycles. The third-order valence-electron chi connectivity index (χ3n) is 2.15. The third-order valence-corrected chi connectivity index (χ3v) is 2.15. The molecule has 0 radical (unpaired) electrons. The van der Waals surface area contributed by atoms with E-state index in [0.717, 1.165) is 12.7 Å². The van der Waals surface area contributed by atoms with Crippen molar-refractivity contribution in [2.75, 3.05) is 17.2 Å². The molecule has 0 aromatic carbocycles. The van der Waals surface area contributed by atoms with Gasteiger partial charge in [-0.1, -0.05) is 0 Å². The summed E-state index contributed by atoms with van der Waals surface area (Å²) in [6, 6.07) is 2.72. The fourth-order valence-electron chi connectivity index (χ4n) is 1.32. The van der Waals surface area contributed by atoms with Gasteiger partial charge in [-0.15, -0.1) is 0 Å². The number of hydrogen-bond acceptors (Lipinski definition) is 5. The Morgan fingerprint density at radius 2 is 2.15 bits per heavy atom. The van der Waals surface area contributed by atoms with E-state index in [9.17, 15) is 18.0 Å². The molecular formula is C11H9F3N4O2. The summed E-state index contributed by atoms with van der Waals surface area (Å²) in [5.74, 6) is -0.535. The molecule has 0 aliphatic carbocycles. The van der Waals surface area contributed by atoms with Crippen molar-refractivity contribution in [2.45, 2.75) is 6.18 Å². The third kappa shape index (κ3) is 3.97. The van der Waals surface area contributed by atoms with Crippen molar-refractivity contribution in [2.24, 2.45) is 0 Å². The Balaban J connectivity index is 2.01. The van der Waals surface area contributed by atoms with Gasteiger partial charge in [0.15, 0.2) is 12.1 Å². The Morgan fingerprint density at radius 3 is 2.80 bits per heavy atom. The molecule has 2 rings (SSSR count). The van der Waals surface area contributed by atoms with Crippen LogP contribution >= 0.6 is 0 Å². The van der Waals surface area contributed by atoms with Crippen LogP contribution in [0.3, 0.4) is 0 Å². The maximum Gasteiger partial charge on any atom is 0.405 e. The van der Waals surface area contributed by atoms with Gasteiger partial charge in [0.25, 0.3) is 5.91 Å². The molecule has 9 heteroatoms. The largest absolute Gasteiger partial charge is 0.451 e. The summed E-state index contributed by atoms with van der Waals surface area (Å²) in [6.45, 7) is -1.21. The molecule has 0 bridgehead atoms. The van der Waals surface area contributed by atoms with E-state index >= 15 is 0 Å². The second-order valence-corrected chi connectivity index (χ2v) is 3.73. The number of nitrogens with zero attached hydrogens (tertiary/aromatic N) is 2. The molecule has 1 amide bonds. The first-order chi connectivity index (χ1) is 9.44. The zero-order valence-electron chi connectivity index (χ0n) is 9.94. The number of carbonyl (C=O) groups is 1. The van der Waals surface area contributed by atoms with Crippen LogP contribution < -0.4 is 10.6 Å². The molecule has 2 aromatic rings. The summed E-state index contributed by atoms with van der Waals surface area (Å²) < 4.78 is 40.8. The molecule has 0 fully saturated rings. The lowest BCUT2D eigenvalue weighted by Crippen LogP contribution is -2.22. The van der Waals surface area contributed by atoms with Gasteiger partial charge in [0.2, 0.25) is 0 Å². The summed E-state index contributed by atoms with van der Waals surface area (Å²) in [5, 5.41) is 4.57. The lowest BCUT2D eigenvalue weighted by molar-refractivity contribution is -0.115. The van der Waals surface area contributed by atoms with Crippen LogP contribution in [0, 0.1) is 0 Å². The first-order valence-electron chi connectivity index (χ1n) is 5.40. The van der Waals surface area contributed by atoms with Crippen molar-refractivity contribution >= 4 is 17.4 Å². The quantitative estimate of drug-likeness (QED) is 0.901. The number of pyridine rings is 1. The van der Waals surface area contributed by atoms with Gasteiger partial charge in [-0.3, -0.25) is 4.79 Å². The van der Waals surface area contributed by atoms with E-state index in [1.54, 1.807) is 0 Å². The van der Waals surface area contributed by atoms with Gasteiger partial charge in [-0.25, -0.2) is 9.97 Å². The Hall–Kier alpha value is -2.58. The molecule has 0 saturated heterocycles. The van der Waals surface area contributed by atoms with Gasteiger partial charge >= 0.3 is 6.18 Å². The lowest BCUT2D eigenvalue weighted by Gasteiger charge is -2.10. The number of oxazole rings is 1. The number of aromatic nitrogens is 2. The summed E-state index contributed by atoms with van der Waals surface area (Å²) in [7, 11) is 0. The van der Waals surface area contributed by atoms with E-state index in [1.165, 1.54) is 18.3 Å². The Labute approximate surface area is 111 Å². The van der Waals surface area contributed by atoms with Crippen LogP contribution in [0.1, 0.15) is 10.5 Å². The predicted octanol–water partition coefficient (Wildman–Crippen LogP) is 2.30. The first-order valence-corrected chi connectivity index (χ1v) is 5.40. The van der Waals surface area contributed by atoms with Crippen LogP contribution in [0.15, 0.2) is 35.4 Å². The van der Waals surface area contributed by atoms with E-state index in [1.807, 2.05) is 0 Å². The molecule has 2 heterocycles. The monoisotopic (exact) mass is 286 g/mol. The Kier molecular flexibility index (Phi) is 3.87. The van der Waals surface area contributed by atoms with Crippen molar-refractivity contribution < 1.29 is 22.4 Å². The smallest absolute Gasteiger partial charge is 0.405 e. The first kappa shape index (κ1) is 13.8. The number of rotatable bonds is 4. The highest BCUT2D eigenvalue weighted by molar-refractivity contribution is 6.02. The predicted molar refractivity (Wildman–Crippen MR) is 63.2 cm³/mol. The topological polar surface area (TPSA) is 80.0 Å². The fourth-order valence-corrected chi connectivity index (χ4v) is 1.32. The van der Waals surface area contributed by atoms with Gasteiger partial charge in [-0.05, 0) is 6.07 Å². The molecule has 6 nitrogen and oxygen atoms in total. The zero-order chi connectivity index (χ0) is 14.6. The second-order valence-electron chi connectivity index (χ2n) is 3.73. The van der Waals surface area contributed by atoms with Crippen molar-refractivity contribution in [1.29, 1.82) is 0 Å². The summed E-state index contributed by atoms with van der Waals surface area (Å²) in [6.07, 6.45) is -0.824. The number of nitrogens with one attached hydrogen (secondary N) is 2. The number of anilines is 2. The Bertz CT molecular complexity index is 584. The van der Waals surface area contributed by atoms with Crippen LogP contribution in [0.4, 0.5) is 24.7 Å². The Morgan fingerprint density at radius 1 is 1.35 bits per heavy atom. The average molecular weight is 286 g/mol. The number of hydrogen-bond donors (Lipinski definition) is 2. The molecule has 0 aliphatic rings. The molecule has 2 N–H and O–H groups in total. The van der Waals surface area contributed by atoms with Crippen molar-refractivity contribution in [1.82, 2.24) is 9.97 Å². The summed E-state index contributed by atoms with van der Waals surface area (Å²) in [4.78, 5) is 19.0. The van der Waals surface area contributed by atoms with E-state index in [2.05, 4.69) is 25.0 Å². The van der Waals surface area contributed by atoms with Gasteiger partial charge in [0.05, 0.1) is 0 Å². The minimum absolute atomic E-state index is 0.000257. The van der Waals surface area contributed by atoms with Gasteiger partial charge in [0, 0.05) is 18.0 Å². The average Bonchev–Trinajstić information content (AvgIpc) is 2.90. The van der Waals surface area contributed by atoms with E-state index in [-0.39, 0.29) is 17.2 Å². The molecule has 0 unspecified atom stereocenters. The molecule has 0 saturated carbocycles. The highest BCUT2D eigenvalue weighted by Gasteiger charge is 2.26. The van der Waals surface area contributed by atoms with Gasteiger partial charge < -0.3 is 15.1 Å². The van der Waals surface area contributed by atoms with Crippen molar-refractivity contribution in [3.63, 3.8) is 0 Å². The number of amides is 1. The van der Waals surface area contributed by atoms with Crippen LogP contribution in [0.2, 0.25) is 0 Å². The highest BCUT2D eigenvalue weighted by atomic mass is 19.4. The van der Waals surface area contributed by atoms with Gasteiger partial charge in [-0.2, -0.15) is 13.2 Å². The maximum absolute atomic E-state index is 12.1. The normalized spacial score (nSPS) is 11.2. The van der Waals surface area contributed by atoms with E-state index in [4.69, 9.17) is 0 Å². The lowest BCUT2D eigenvalue weighted by atomic mass is 10.3. The van der Waals surface area contributed by atoms with Crippen LogP contribution in [0.5, 0.6) is 0 Å². The molecular weight excluding hydrogens is 277 g/mol. The standard InChI is InChI=1S/C11H9F3N4O2/c12-11(13,14)5-16-9-3-7(1-2-15-9)18-10(19)8-4-20-6-17-8/h1-4,6H,5H2,(H2,15,16,18,19). The molecule has 106 valence electrons. The molecule has 0 atom stereocenters. The van der Waals surface area contributed by atoms with Gasteiger partial charge in [0.1, 0.15) is 18.6 Å². The summed E-state index contributed by atoms with van der Waals surface area (Å²) in [5.41, 5.74) is 0.351. The van der Waals surface area contributed by atoms with Crippen LogP contribution in [0.25, 0.3) is 0 Å². The molecule has 20 heavy (non-hydrogen) atoms. The van der Waals surface area contributed by atoms with E-state index < -0.39 is 18.6 Å². The SMILES string of the molecule is O=C(Nc1ccnc(NCC(F)(F)F)c1)c1cocn1. The molecule has 0 spiro atoms. The minimum Gasteiger partial charge on any atom is -0.451 e. The van der Waals surface area contributed by atoms with E-state index in [0.29, 0.717) is 0 Å². The highest BCUT2D eigenvalue weighted by Crippen LogP contribution is 2.17. The molecule has 0 aliphatic heterocycles. The number of alkyl halides is 3. The van der Waals surface area contributed by atoms with Crippen LogP contribution in [-0.4, -0.2) is 28.6 Å². The number of halogens is 3.